The molecule has 0 atom stereocenters. The van der Waals surface area contributed by atoms with Crippen molar-refractivity contribution in [3.05, 3.63) is 49.8 Å². The van der Waals surface area contributed by atoms with E-state index in [2.05, 4.69) is 5.10 Å². The minimum absolute atomic E-state index is 0.0510. The Morgan fingerprint density at radius 2 is 2.05 bits per heavy atom. The summed E-state index contributed by atoms with van der Waals surface area (Å²) in [6, 6.07) is 3.77. The summed E-state index contributed by atoms with van der Waals surface area (Å²) in [4.78, 5) is 21.9. The van der Waals surface area contributed by atoms with E-state index in [0.29, 0.717) is 0 Å². The monoisotopic (exact) mass is 297 g/mol. The molecule has 0 N–H and O–H groups in total. The van der Waals surface area contributed by atoms with E-state index in [4.69, 9.17) is 16.0 Å². The number of non-ortho nitro benzene ring substituents is 1. The van der Waals surface area contributed by atoms with Gasteiger partial charge in [0.15, 0.2) is 0 Å². The molecule has 0 aliphatic rings. The molecule has 1 heterocycles. The smallest absolute Gasteiger partial charge is 0.391 e. The summed E-state index contributed by atoms with van der Waals surface area (Å²) in [6.07, 6.45) is 0. The van der Waals surface area contributed by atoms with Crippen LogP contribution in [-0.4, -0.2) is 14.7 Å². The standard InChI is InChI=1S/C12H12ClN3O4/c1-12(2,3)10-14-15(11(17)20-10)9-5-4-7(16(18)19)6-8(9)13/h4-6H,1-3H3. The van der Waals surface area contributed by atoms with E-state index in [0.717, 1.165) is 10.7 Å². The van der Waals surface area contributed by atoms with E-state index in [9.17, 15) is 14.9 Å². The predicted octanol–water partition coefficient (Wildman–Crippen LogP) is 2.68. The minimum Gasteiger partial charge on any atom is -0.391 e. The molecule has 0 radical (unpaired) electrons. The van der Waals surface area contributed by atoms with Crippen LogP contribution in [0.5, 0.6) is 0 Å². The van der Waals surface area contributed by atoms with Gasteiger partial charge in [-0.05, 0) is 6.07 Å². The summed E-state index contributed by atoms with van der Waals surface area (Å²) >= 11 is 5.96. The molecule has 0 saturated carbocycles. The van der Waals surface area contributed by atoms with Crippen molar-refractivity contribution in [3.8, 4) is 5.69 Å². The molecule has 0 amide bonds. The van der Waals surface area contributed by atoms with Crippen molar-refractivity contribution in [2.45, 2.75) is 26.2 Å². The van der Waals surface area contributed by atoms with Crippen LogP contribution in [0.2, 0.25) is 5.02 Å². The van der Waals surface area contributed by atoms with Gasteiger partial charge in [0.05, 0.1) is 15.6 Å². The number of rotatable bonds is 2. The fraction of sp³-hybridized carbons (Fsp3) is 0.333. The highest BCUT2D eigenvalue weighted by molar-refractivity contribution is 6.32. The maximum Gasteiger partial charge on any atom is 0.442 e. The van der Waals surface area contributed by atoms with Gasteiger partial charge < -0.3 is 4.42 Å². The van der Waals surface area contributed by atoms with Crippen molar-refractivity contribution >= 4 is 17.3 Å². The molecule has 0 aliphatic heterocycles. The van der Waals surface area contributed by atoms with Crippen LogP contribution in [0, 0.1) is 10.1 Å². The Balaban J connectivity index is 2.55. The maximum atomic E-state index is 11.8. The van der Waals surface area contributed by atoms with E-state index in [-0.39, 0.29) is 22.3 Å². The highest BCUT2D eigenvalue weighted by atomic mass is 35.5. The van der Waals surface area contributed by atoms with Gasteiger partial charge in [0.1, 0.15) is 0 Å². The second-order valence-corrected chi connectivity index (χ2v) is 5.63. The lowest BCUT2D eigenvalue weighted by Crippen LogP contribution is -2.14. The first-order valence-corrected chi connectivity index (χ1v) is 6.13. The Kier molecular flexibility index (Phi) is 3.39. The van der Waals surface area contributed by atoms with E-state index in [1.165, 1.54) is 12.1 Å². The lowest BCUT2D eigenvalue weighted by molar-refractivity contribution is -0.384. The van der Waals surface area contributed by atoms with Crippen molar-refractivity contribution < 1.29 is 9.34 Å². The summed E-state index contributed by atoms with van der Waals surface area (Å²) in [6.45, 7) is 5.54. The molecule has 0 fully saturated rings. The van der Waals surface area contributed by atoms with Gasteiger partial charge in [-0.3, -0.25) is 10.1 Å². The number of nitro benzene ring substituents is 1. The molecule has 8 heteroatoms. The zero-order chi connectivity index (χ0) is 15.1. The molecule has 2 rings (SSSR count). The number of halogens is 1. The maximum absolute atomic E-state index is 11.8. The Labute approximate surface area is 118 Å². The fourth-order valence-corrected chi connectivity index (χ4v) is 1.77. The molecule has 0 unspecified atom stereocenters. The van der Waals surface area contributed by atoms with Gasteiger partial charge in [-0.2, -0.15) is 4.68 Å². The lowest BCUT2D eigenvalue weighted by Gasteiger charge is -2.10. The van der Waals surface area contributed by atoms with Gasteiger partial charge >= 0.3 is 5.76 Å². The summed E-state index contributed by atoms with van der Waals surface area (Å²) in [5, 5.41) is 14.8. The van der Waals surface area contributed by atoms with Crippen molar-refractivity contribution in [1.29, 1.82) is 0 Å². The number of hydrogen-bond acceptors (Lipinski definition) is 5. The van der Waals surface area contributed by atoms with Crippen molar-refractivity contribution in [2.75, 3.05) is 0 Å². The van der Waals surface area contributed by atoms with E-state index < -0.39 is 16.1 Å². The van der Waals surface area contributed by atoms with Crippen LogP contribution >= 0.6 is 11.6 Å². The van der Waals surface area contributed by atoms with Gasteiger partial charge in [-0.1, -0.05) is 32.4 Å². The first kappa shape index (κ1) is 14.3. The van der Waals surface area contributed by atoms with Crippen molar-refractivity contribution in [3.63, 3.8) is 0 Å². The van der Waals surface area contributed by atoms with Crippen LogP contribution in [0.3, 0.4) is 0 Å². The van der Waals surface area contributed by atoms with Crippen LogP contribution in [0.4, 0.5) is 5.69 Å². The minimum atomic E-state index is -0.689. The van der Waals surface area contributed by atoms with Gasteiger partial charge in [-0.15, -0.1) is 5.10 Å². The molecule has 0 saturated heterocycles. The number of benzene rings is 1. The normalized spacial score (nSPS) is 11.6. The predicted molar refractivity (Wildman–Crippen MR) is 72.5 cm³/mol. The molecular formula is C12H12ClN3O4. The van der Waals surface area contributed by atoms with Crippen LogP contribution in [0.15, 0.2) is 27.4 Å². The average Bonchev–Trinajstić information content (AvgIpc) is 2.71. The zero-order valence-electron chi connectivity index (χ0n) is 11.1. The number of aromatic nitrogens is 2. The molecule has 106 valence electrons. The average molecular weight is 298 g/mol. The summed E-state index contributed by atoms with van der Waals surface area (Å²) in [5.41, 5.74) is -0.356. The molecule has 1 aromatic carbocycles. The molecule has 20 heavy (non-hydrogen) atoms. The van der Waals surface area contributed by atoms with E-state index in [1.807, 2.05) is 20.8 Å². The van der Waals surface area contributed by atoms with Crippen LogP contribution in [-0.2, 0) is 5.41 Å². The Morgan fingerprint density at radius 3 is 2.50 bits per heavy atom. The largest absolute Gasteiger partial charge is 0.442 e. The molecule has 1 aromatic heterocycles. The topological polar surface area (TPSA) is 91.2 Å². The third kappa shape index (κ3) is 2.57. The van der Waals surface area contributed by atoms with Gasteiger partial charge in [0, 0.05) is 17.5 Å². The lowest BCUT2D eigenvalue weighted by atomic mass is 9.97. The molecule has 0 aliphatic carbocycles. The third-order valence-corrected chi connectivity index (χ3v) is 2.86. The van der Waals surface area contributed by atoms with Crippen molar-refractivity contribution in [2.24, 2.45) is 0 Å². The molecular weight excluding hydrogens is 286 g/mol. The summed E-state index contributed by atoms with van der Waals surface area (Å²) in [7, 11) is 0. The van der Waals surface area contributed by atoms with Crippen molar-refractivity contribution in [1.82, 2.24) is 9.78 Å². The number of hydrogen-bond donors (Lipinski definition) is 0. The molecule has 0 bridgehead atoms. The van der Waals surface area contributed by atoms with Crippen LogP contribution in [0.25, 0.3) is 5.69 Å². The second kappa shape index (κ2) is 4.75. The third-order valence-electron chi connectivity index (χ3n) is 2.56. The van der Waals surface area contributed by atoms with Crippen LogP contribution < -0.4 is 5.76 Å². The second-order valence-electron chi connectivity index (χ2n) is 5.23. The number of nitro groups is 1. The first-order chi connectivity index (χ1) is 9.20. The Hall–Kier alpha value is -2.15. The fourth-order valence-electron chi connectivity index (χ4n) is 1.51. The summed E-state index contributed by atoms with van der Waals surface area (Å²) < 4.78 is 6.06. The van der Waals surface area contributed by atoms with Gasteiger partial charge in [0.25, 0.3) is 5.69 Å². The van der Waals surface area contributed by atoms with Gasteiger partial charge in [0.2, 0.25) is 5.89 Å². The quantitative estimate of drug-likeness (QED) is 0.628. The number of nitrogens with zero attached hydrogens (tertiary/aromatic N) is 3. The van der Waals surface area contributed by atoms with Crippen LogP contribution in [0.1, 0.15) is 26.7 Å². The molecule has 7 nitrogen and oxygen atoms in total. The Bertz CT molecular complexity index is 727. The Morgan fingerprint density at radius 1 is 1.40 bits per heavy atom. The van der Waals surface area contributed by atoms with E-state index >= 15 is 0 Å². The highest BCUT2D eigenvalue weighted by Crippen LogP contribution is 2.25. The SMILES string of the molecule is CC(C)(C)c1nn(-c2ccc([N+](=O)[O-])cc2Cl)c(=O)o1. The zero-order valence-corrected chi connectivity index (χ0v) is 11.8. The highest BCUT2D eigenvalue weighted by Gasteiger charge is 2.24. The molecule has 0 spiro atoms. The summed E-state index contributed by atoms with van der Waals surface area (Å²) in [5.74, 6) is -0.428. The van der Waals surface area contributed by atoms with E-state index in [1.54, 1.807) is 0 Å². The molecule has 2 aromatic rings. The van der Waals surface area contributed by atoms with Gasteiger partial charge in [-0.25, -0.2) is 4.79 Å². The first-order valence-electron chi connectivity index (χ1n) is 5.75.